The lowest BCUT2D eigenvalue weighted by Gasteiger charge is -2.20. The van der Waals surface area contributed by atoms with E-state index in [0.717, 1.165) is 30.9 Å². The summed E-state index contributed by atoms with van der Waals surface area (Å²) in [6.07, 6.45) is 1.99. The Morgan fingerprint density at radius 2 is 2.35 bits per heavy atom. The highest BCUT2D eigenvalue weighted by Gasteiger charge is 2.28. The summed E-state index contributed by atoms with van der Waals surface area (Å²) < 4.78 is 32.2. The van der Waals surface area contributed by atoms with E-state index < -0.39 is 10.0 Å². The Labute approximate surface area is 125 Å². The molecule has 1 aliphatic heterocycles. The van der Waals surface area contributed by atoms with Gasteiger partial charge >= 0.3 is 0 Å². The average Bonchev–Trinajstić information content (AvgIpc) is 3.06. The lowest BCUT2D eigenvalue weighted by Crippen LogP contribution is -2.34. The highest BCUT2D eigenvalue weighted by molar-refractivity contribution is 7.89. The zero-order valence-corrected chi connectivity index (χ0v) is 13.6. The van der Waals surface area contributed by atoms with Crippen LogP contribution < -0.4 is 5.32 Å². The van der Waals surface area contributed by atoms with Gasteiger partial charge in [-0.1, -0.05) is 6.92 Å². The predicted octanol–water partition coefficient (Wildman–Crippen LogP) is 1.66. The average molecular weight is 318 g/mol. The van der Waals surface area contributed by atoms with Gasteiger partial charge in [0.2, 0.25) is 10.0 Å². The molecule has 2 heterocycles. The fraction of sp³-hybridized carbons (Fsp3) is 0.692. The van der Waals surface area contributed by atoms with E-state index in [1.807, 2.05) is 12.3 Å². The minimum absolute atomic E-state index is 0.0330. The molecule has 1 atom stereocenters. The summed E-state index contributed by atoms with van der Waals surface area (Å²) in [5, 5.41) is 5.01. The zero-order chi connectivity index (χ0) is 14.6. The molecular formula is C13H22N2O3S2. The maximum atomic E-state index is 12.6. The smallest absolute Gasteiger partial charge is 0.244 e. The van der Waals surface area contributed by atoms with Gasteiger partial charge in [0.15, 0.2) is 0 Å². The molecule has 1 N–H and O–H groups in total. The van der Waals surface area contributed by atoms with Crippen LogP contribution in [0.25, 0.3) is 0 Å². The van der Waals surface area contributed by atoms with Crippen molar-refractivity contribution in [3.05, 3.63) is 16.3 Å². The summed E-state index contributed by atoms with van der Waals surface area (Å²) in [5.74, 6) is 0. The van der Waals surface area contributed by atoms with Crippen LogP contribution in [0, 0.1) is 0 Å². The van der Waals surface area contributed by atoms with E-state index in [4.69, 9.17) is 4.74 Å². The molecule has 0 spiro atoms. The van der Waals surface area contributed by atoms with Crippen LogP contribution in [0.15, 0.2) is 16.3 Å². The molecule has 0 amide bonds. The summed E-state index contributed by atoms with van der Waals surface area (Å²) in [7, 11) is -1.79. The second kappa shape index (κ2) is 7.00. The van der Waals surface area contributed by atoms with E-state index in [2.05, 4.69) is 5.32 Å². The maximum absolute atomic E-state index is 12.6. The van der Waals surface area contributed by atoms with E-state index in [1.165, 1.54) is 15.6 Å². The quantitative estimate of drug-likeness (QED) is 0.830. The third-order valence-corrected chi connectivity index (χ3v) is 6.37. The number of hydrogen-bond acceptors (Lipinski definition) is 5. The first-order valence-corrected chi connectivity index (χ1v) is 9.22. The van der Waals surface area contributed by atoms with Gasteiger partial charge in [0.1, 0.15) is 0 Å². The fourth-order valence-corrected chi connectivity index (χ4v) is 4.85. The predicted molar refractivity (Wildman–Crippen MR) is 80.5 cm³/mol. The van der Waals surface area contributed by atoms with Gasteiger partial charge in [0.05, 0.1) is 11.0 Å². The SMILES string of the molecule is CCNCc1sccc1S(=O)(=O)N(C)CC1CCCO1. The molecule has 1 aromatic rings. The normalized spacial score (nSPS) is 19.9. The molecule has 1 saturated heterocycles. The van der Waals surface area contributed by atoms with Crippen LogP contribution >= 0.6 is 11.3 Å². The molecule has 0 aliphatic carbocycles. The molecule has 0 aromatic carbocycles. The molecular weight excluding hydrogens is 296 g/mol. The molecule has 1 fully saturated rings. The molecule has 1 aromatic heterocycles. The molecule has 1 unspecified atom stereocenters. The molecule has 5 nitrogen and oxygen atoms in total. The van der Waals surface area contributed by atoms with Crippen molar-refractivity contribution in [2.24, 2.45) is 0 Å². The third kappa shape index (κ3) is 3.59. The molecule has 0 radical (unpaired) electrons. The zero-order valence-electron chi connectivity index (χ0n) is 12.0. The number of likely N-dealkylation sites (N-methyl/N-ethyl adjacent to an activating group) is 1. The molecule has 20 heavy (non-hydrogen) atoms. The van der Waals surface area contributed by atoms with Gasteiger partial charge in [-0.05, 0) is 30.8 Å². The van der Waals surface area contributed by atoms with Gasteiger partial charge in [0, 0.05) is 31.6 Å². The second-order valence-electron chi connectivity index (χ2n) is 4.91. The molecule has 7 heteroatoms. The van der Waals surface area contributed by atoms with Crippen LogP contribution in [0.3, 0.4) is 0 Å². The lowest BCUT2D eigenvalue weighted by atomic mass is 10.2. The first-order valence-electron chi connectivity index (χ1n) is 6.90. The van der Waals surface area contributed by atoms with E-state index in [9.17, 15) is 8.42 Å². The van der Waals surface area contributed by atoms with Crippen molar-refractivity contribution in [3.8, 4) is 0 Å². The standard InChI is InChI=1S/C13H22N2O3S2/c1-3-14-9-12-13(6-8-19-12)20(16,17)15(2)10-11-5-4-7-18-11/h6,8,11,14H,3-5,7,9-10H2,1-2H3. The number of nitrogens with one attached hydrogen (secondary N) is 1. The van der Waals surface area contributed by atoms with Gasteiger partial charge in [-0.15, -0.1) is 11.3 Å². The number of nitrogens with zero attached hydrogens (tertiary/aromatic N) is 1. The van der Waals surface area contributed by atoms with Crippen molar-refractivity contribution in [3.63, 3.8) is 0 Å². The van der Waals surface area contributed by atoms with Crippen LogP contribution in [-0.4, -0.2) is 45.6 Å². The van der Waals surface area contributed by atoms with E-state index in [-0.39, 0.29) is 6.10 Å². The summed E-state index contributed by atoms with van der Waals surface area (Å²) in [6, 6.07) is 1.69. The van der Waals surface area contributed by atoms with Gasteiger partial charge in [-0.2, -0.15) is 4.31 Å². The highest BCUT2D eigenvalue weighted by Crippen LogP contribution is 2.25. The number of ether oxygens (including phenoxy) is 1. The minimum atomic E-state index is -3.42. The van der Waals surface area contributed by atoms with Crippen molar-refractivity contribution in [2.75, 3.05) is 26.7 Å². The summed E-state index contributed by atoms with van der Waals surface area (Å²) in [6.45, 7) is 4.59. The van der Waals surface area contributed by atoms with E-state index in [1.54, 1.807) is 13.1 Å². The summed E-state index contributed by atoms with van der Waals surface area (Å²) in [5.41, 5.74) is 0. The first kappa shape index (κ1) is 15.9. The highest BCUT2D eigenvalue weighted by atomic mass is 32.2. The van der Waals surface area contributed by atoms with Crippen molar-refractivity contribution in [1.29, 1.82) is 0 Å². The number of rotatable bonds is 7. The van der Waals surface area contributed by atoms with Gasteiger partial charge in [-0.25, -0.2) is 8.42 Å². The van der Waals surface area contributed by atoms with Crippen LogP contribution in [0.1, 0.15) is 24.6 Å². The second-order valence-corrected chi connectivity index (χ2v) is 7.92. The van der Waals surface area contributed by atoms with Crippen molar-refractivity contribution in [2.45, 2.75) is 37.3 Å². The Morgan fingerprint density at radius 1 is 1.55 bits per heavy atom. The number of sulfonamides is 1. The van der Waals surface area contributed by atoms with E-state index >= 15 is 0 Å². The maximum Gasteiger partial charge on any atom is 0.244 e. The van der Waals surface area contributed by atoms with Crippen LogP contribution in [0.4, 0.5) is 0 Å². The van der Waals surface area contributed by atoms with Crippen LogP contribution in [0.5, 0.6) is 0 Å². The fourth-order valence-electron chi connectivity index (χ4n) is 2.27. The summed E-state index contributed by atoms with van der Waals surface area (Å²) in [4.78, 5) is 1.29. The largest absolute Gasteiger partial charge is 0.377 e. The van der Waals surface area contributed by atoms with Gasteiger partial charge in [-0.3, -0.25) is 0 Å². The minimum Gasteiger partial charge on any atom is -0.377 e. The first-order chi connectivity index (χ1) is 9.55. The van der Waals surface area contributed by atoms with Crippen molar-refractivity contribution < 1.29 is 13.2 Å². The molecule has 0 bridgehead atoms. The van der Waals surface area contributed by atoms with Crippen molar-refractivity contribution in [1.82, 2.24) is 9.62 Å². The van der Waals surface area contributed by atoms with Gasteiger partial charge in [0.25, 0.3) is 0 Å². The lowest BCUT2D eigenvalue weighted by molar-refractivity contribution is 0.0979. The summed E-state index contributed by atoms with van der Waals surface area (Å²) >= 11 is 1.48. The van der Waals surface area contributed by atoms with Crippen LogP contribution in [-0.2, 0) is 21.3 Å². The molecule has 0 saturated carbocycles. The molecule has 114 valence electrons. The van der Waals surface area contributed by atoms with Crippen molar-refractivity contribution >= 4 is 21.4 Å². The van der Waals surface area contributed by atoms with E-state index in [0.29, 0.717) is 18.0 Å². The Morgan fingerprint density at radius 3 is 3.00 bits per heavy atom. The monoisotopic (exact) mass is 318 g/mol. The third-order valence-electron chi connectivity index (χ3n) is 3.41. The Hall–Kier alpha value is -0.470. The Kier molecular flexibility index (Phi) is 5.57. The molecule has 1 aliphatic rings. The topological polar surface area (TPSA) is 58.6 Å². The van der Waals surface area contributed by atoms with Gasteiger partial charge < -0.3 is 10.1 Å². The van der Waals surface area contributed by atoms with Crippen LogP contribution in [0.2, 0.25) is 0 Å². The Bertz CT molecular complexity index is 521. The number of thiophene rings is 1. The Balaban J connectivity index is 2.10. The number of hydrogen-bond donors (Lipinski definition) is 1. The molecule has 2 rings (SSSR count).